The van der Waals surface area contributed by atoms with E-state index in [1.54, 1.807) is 24.3 Å². The van der Waals surface area contributed by atoms with Crippen LogP contribution in [0.25, 0.3) is 0 Å². The van der Waals surface area contributed by atoms with Crippen LogP contribution in [0.2, 0.25) is 0 Å². The molecule has 4 nitrogen and oxygen atoms in total. The van der Waals surface area contributed by atoms with Gasteiger partial charge in [-0.25, -0.2) is 4.39 Å². The fourth-order valence-corrected chi connectivity index (χ4v) is 4.34. The summed E-state index contributed by atoms with van der Waals surface area (Å²) in [5.41, 5.74) is 2.19. The molecule has 2 fully saturated rings. The van der Waals surface area contributed by atoms with Crippen LogP contribution < -0.4 is 0 Å². The second-order valence-corrected chi connectivity index (χ2v) is 7.62. The molecule has 2 aliphatic rings. The van der Waals surface area contributed by atoms with E-state index < -0.39 is 0 Å². The van der Waals surface area contributed by atoms with Crippen molar-refractivity contribution in [3.8, 4) is 5.75 Å². The Bertz CT molecular complexity index is 791. The van der Waals surface area contributed by atoms with Gasteiger partial charge in [0.1, 0.15) is 11.6 Å². The molecule has 27 heavy (non-hydrogen) atoms. The fraction of sp³-hybridized carbons (Fsp3) is 0.409. The molecule has 0 radical (unpaired) electrons. The summed E-state index contributed by atoms with van der Waals surface area (Å²) in [6.45, 7) is 3.13. The molecule has 0 bridgehead atoms. The first-order valence-corrected chi connectivity index (χ1v) is 9.66. The molecule has 0 aliphatic carbocycles. The summed E-state index contributed by atoms with van der Waals surface area (Å²) in [5, 5.41) is 9.50. The number of nitrogens with zero attached hydrogens (tertiary/aromatic N) is 2. The number of rotatable bonds is 4. The standard InChI is InChI=1S/C22H25FN2O2/c23-19-7-3-16(4-8-19)14-25-13-11-21(22(25)27)24-12-1-2-18(15-24)17-5-9-20(26)10-6-17/h3-10,18,21,26H,1-2,11-15H2. The van der Waals surface area contributed by atoms with Crippen molar-refractivity contribution in [1.29, 1.82) is 0 Å². The van der Waals surface area contributed by atoms with Crippen LogP contribution in [0.1, 0.15) is 36.3 Å². The Morgan fingerprint density at radius 2 is 1.74 bits per heavy atom. The van der Waals surface area contributed by atoms with E-state index in [1.165, 1.54) is 17.7 Å². The van der Waals surface area contributed by atoms with Crippen LogP contribution in [0.5, 0.6) is 5.75 Å². The average molecular weight is 368 g/mol. The lowest BCUT2D eigenvalue weighted by Gasteiger charge is -2.36. The number of benzene rings is 2. The minimum Gasteiger partial charge on any atom is -0.508 e. The van der Waals surface area contributed by atoms with E-state index in [0.29, 0.717) is 12.5 Å². The first kappa shape index (κ1) is 18.0. The summed E-state index contributed by atoms with van der Waals surface area (Å²) < 4.78 is 13.1. The van der Waals surface area contributed by atoms with Crippen LogP contribution in [0.4, 0.5) is 4.39 Å². The predicted octanol–water partition coefficient (Wildman–Crippen LogP) is 3.51. The maximum Gasteiger partial charge on any atom is 0.240 e. The molecular formula is C22H25FN2O2. The number of phenolic OH excluding ortho intramolecular Hbond substituents is 1. The van der Waals surface area contributed by atoms with Gasteiger partial charge in [0, 0.05) is 19.6 Å². The smallest absolute Gasteiger partial charge is 0.240 e. The molecule has 4 rings (SSSR count). The van der Waals surface area contributed by atoms with Gasteiger partial charge in [-0.05, 0) is 67.1 Å². The molecule has 0 aromatic heterocycles. The number of carbonyl (C=O) groups is 1. The van der Waals surface area contributed by atoms with Crippen molar-refractivity contribution < 1.29 is 14.3 Å². The zero-order chi connectivity index (χ0) is 18.8. The number of carbonyl (C=O) groups excluding carboxylic acids is 1. The van der Waals surface area contributed by atoms with Crippen molar-refractivity contribution in [3.05, 3.63) is 65.5 Å². The van der Waals surface area contributed by atoms with Gasteiger partial charge in [0.25, 0.3) is 0 Å². The lowest BCUT2D eigenvalue weighted by atomic mass is 9.89. The summed E-state index contributed by atoms with van der Waals surface area (Å²) >= 11 is 0. The molecule has 2 aromatic carbocycles. The minimum atomic E-state index is -0.252. The fourth-order valence-electron chi connectivity index (χ4n) is 4.34. The first-order chi connectivity index (χ1) is 13.1. The van der Waals surface area contributed by atoms with Crippen LogP contribution in [-0.4, -0.2) is 46.5 Å². The van der Waals surface area contributed by atoms with E-state index in [9.17, 15) is 14.3 Å². The third-order valence-electron chi connectivity index (χ3n) is 5.81. The van der Waals surface area contributed by atoms with Crippen molar-refractivity contribution in [2.45, 2.75) is 37.8 Å². The molecule has 2 aromatic rings. The van der Waals surface area contributed by atoms with E-state index in [4.69, 9.17) is 0 Å². The van der Waals surface area contributed by atoms with Gasteiger partial charge in [-0.15, -0.1) is 0 Å². The highest BCUT2D eigenvalue weighted by Gasteiger charge is 2.37. The van der Waals surface area contributed by atoms with E-state index in [0.717, 1.165) is 44.5 Å². The maximum absolute atomic E-state index is 13.1. The average Bonchev–Trinajstić information content (AvgIpc) is 3.05. The topological polar surface area (TPSA) is 43.8 Å². The molecule has 1 amide bonds. The number of piperidine rings is 1. The number of amides is 1. The Kier molecular flexibility index (Phi) is 5.12. The Labute approximate surface area is 159 Å². The molecule has 0 saturated carbocycles. The molecule has 2 unspecified atom stereocenters. The van der Waals surface area contributed by atoms with E-state index in [2.05, 4.69) is 4.90 Å². The summed E-state index contributed by atoms with van der Waals surface area (Å²) in [6.07, 6.45) is 3.04. The van der Waals surface area contributed by atoms with Gasteiger partial charge in [0.2, 0.25) is 5.91 Å². The first-order valence-electron chi connectivity index (χ1n) is 9.66. The number of hydrogen-bond donors (Lipinski definition) is 1. The molecule has 2 saturated heterocycles. The molecule has 2 atom stereocenters. The van der Waals surface area contributed by atoms with Crippen molar-refractivity contribution >= 4 is 5.91 Å². The van der Waals surface area contributed by atoms with Crippen molar-refractivity contribution in [1.82, 2.24) is 9.80 Å². The van der Waals surface area contributed by atoms with Crippen molar-refractivity contribution in [2.24, 2.45) is 0 Å². The maximum atomic E-state index is 13.1. The SMILES string of the molecule is O=C1C(N2CCCC(c3ccc(O)cc3)C2)CCN1Cc1ccc(F)cc1. The van der Waals surface area contributed by atoms with Gasteiger partial charge >= 0.3 is 0 Å². The Hall–Kier alpha value is -2.40. The Morgan fingerprint density at radius 3 is 2.48 bits per heavy atom. The van der Waals surface area contributed by atoms with E-state index in [-0.39, 0.29) is 23.5 Å². The lowest BCUT2D eigenvalue weighted by Crippen LogP contribution is -2.46. The molecule has 2 heterocycles. The monoisotopic (exact) mass is 368 g/mol. The minimum absolute atomic E-state index is 0.0506. The second kappa shape index (κ2) is 7.69. The normalized spacial score (nSPS) is 23.7. The summed E-state index contributed by atoms with van der Waals surface area (Å²) in [6, 6.07) is 13.8. The van der Waals surface area contributed by atoms with E-state index in [1.807, 2.05) is 17.0 Å². The van der Waals surface area contributed by atoms with E-state index >= 15 is 0 Å². The molecule has 5 heteroatoms. The third kappa shape index (κ3) is 3.98. The Morgan fingerprint density at radius 1 is 1.00 bits per heavy atom. The number of hydrogen-bond acceptors (Lipinski definition) is 3. The highest BCUT2D eigenvalue weighted by atomic mass is 19.1. The van der Waals surface area contributed by atoms with Gasteiger partial charge in [-0.3, -0.25) is 9.69 Å². The predicted molar refractivity (Wildman–Crippen MR) is 102 cm³/mol. The molecular weight excluding hydrogens is 343 g/mol. The van der Waals surface area contributed by atoms with Gasteiger partial charge < -0.3 is 10.0 Å². The Balaban J connectivity index is 1.40. The van der Waals surface area contributed by atoms with Gasteiger partial charge in [0.05, 0.1) is 6.04 Å². The van der Waals surface area contributed by atoms with Crippen LogP contribution >= 0.6 is 0 Å². The van der Waals surface area contributed by atoms with Gasteiger partial charge in [0.15, 0.2) is 0 Å². The lowest BCUT2D eigenvalue weighted by molar-refractivity contribution is -0.133. The number of phenols is 1. The second-order valence-electron chi connectivity index (χ2n) is 7.62. The largest absolute Gasteiger partial charge is 0.508 e. The zero-order valence-electron chi connectivity index (χ0n) is 15.4. The molecule has 142 valence electrons. The third-order valence-corrected chi connectivity index (χ3v) is 5.81. The van der Waals surface area contributed by atoms with Gasteiger partial charge in [-0.1, -0.05) is 24.3 Å². The van der Waals surface area contributed by atoms with Crippen LogP contribution in [0, 0.1) is 5.82 Å². The van der Waals surface area contributed by atoms with Gasteiger partial charge in [-0.2, -0.15) is 0 Å². The van der Waals surface area contributed by atoms with Crippen molar-refractivity contribution in [3.63, 3.8) is 0 Å². The summed E-state index contributed by atoms with van der Waals surface area (Å²) in [5.74, 6) is 0.621. The highest BCUT2D eigenvalue weighted by Crippen LogP contribution is 2.31. The van der Waals surface area contributed by atoms with Crippen LogP contribution in [0.15, 0.2) is 48.5 Å². The van der Waals surface area contributed by atoms with Crippen molar-refractivity contribution in [2.75, 3.05) is 19.6 Å². The molecule has 1 N–H and O–H groups in total. The summed E-state index contributed by atoms with van der Waals surface area (Å²) in [7, 11) is 0. The van der Waals surface area contributed by atoms with Crippen LogP contribution in [-0.2, 0) is 11.3 Å². The summed E-state index contributed by atoms with van der Waals surface area (Å²) in [4.78, 5) is 17.2. The quantitative estimate of drug-likeness (QED) is 0.898. The molecule has 0 spiro atoms. The highest BCUT2D eigenvalue weighted by molar-refractivity contribution is 5.84. The zero-order valence-corrected chi connectivity index (χ0v) is 15.4. The van der Waals surface area contributed by atoms with Crippen LogP contribution in [0.3, 0.4) is 0 Å². The number of halogens is 1. The number of likely N-dealkylation sites (tertiary alicyclic amines) is 2. The number of aromatic hydroxyl groups is 1. The molecule has 2 aliphatic heterocycles.